The third-order valence-electron chi connectivity index (χ3n) is 2.95. The van der Waals surface area contributed by atoms with E-state index in [1.54, 1.807) is 4.90 Å². The van der Waals surface area contributed by atoms with Gasteiger partial charge in [0.15, 0.2) is 0 Å². The molecule has 5 nitrogen and oxygen atoms in total. The molecule has 2 aliphatic heterocycles. The third kappa shape index (κ3) is 4.46. The molecular weight excluding hydrogens is 234 g/mol. The number of epoxide rings is 1. The Kier molecular flexibility index (Phi) is 4.12. The number of rotatable bonds is 3. The summed E-state index contributed by atoms with van der Waals surface area (Å²) in [6, 6.07) is 0. The van der Waals surface area contributed by atoms with E-state index in [1.165, 1.54) is 0 Å². The molecule has 2 heterocycles. The summed E-state index contributed by atoms with van der Waals surface area (Å²) >= 11 is 0. The van der Waals surface area contributed by atoms with Crippen molar-refractivity contribution in [2.45, 2.75) is 51.4 Å². The van der Waals surface area contributed by atoms with Crippen LogP contribution in [0.1, 0.15) is 33.6 Å². The van der Waals surface area contributed by atoms with Crippen molar-refractivity contribution in [3.05, 3.63) is 0 Å². The molecule has 2 saturated heterocycles. The first-order valence-electron chi connectivity index (χ1n) is 6.65. The van der Waals surface area contributed by atoms with Crippen LogP contribution in [0.3, 0.4) is 0 Å². The third-order valence-corrected chi connectivity index (χ3v) is 2.95. The lowest BCUT2D eigenvalue weighted by Gasteiger charge is -2.33. The van der Waals surface area contributed by atoms with Crippen molar-refractivity contribution in [1.82, 2.24) is 4.90 Å². The molecule has 0 aromatic rings. The first kappa shape index (κ1) is 13.6. The van der Waals surface area contributed by atoms with E-state index >= 15 is 0 Å². The maximum atomic E-state index is 11.9. The fourth-order valence-corrected chi connectivity index (χ4v) is 1.97. The number of hydrogen-bond donors (Lipinski definition) is 0. The molecular formula is C13H23NO4. The molecule has 0 spiro atoms. The molecule has 2 fully saturated rings. The molecule has 0 saturated carbocycles. The van der Waals surface area contributed by atoms with Crippen LogP contribution in [0.15, 0.2) is 0 Å². The number of hydrogen-bond acceptors (Lipinski definition) is 4. The molecule has 18 heavy (non-hydrogen) atoms. The van der Waals surface area contributed by atoms with Crippen LogP contribution in [-0.4, -0.2) is 55.1 Å². The van der Waals surface area contributed by atoms with Crippen molar-refractivity contribution >= 4 is 6.09 Å². The van der Waals surface area contributed by atoms with Crippen LogP contribution in [0.25, 0.3) is 0 Å². The van der Waals surface area contributed by atoms with Crippen LogP contribution in [0.5, 0.6) is 0 Å². The van der Waals surface area contributed by atoms with Crippen molar-refractivity contribution in [3.8, 4) is 0 Å². The molecule has 0 radical (unpaired) electrons. The zero-order valence-electron chi connectivity index (χ0n) is 11.5. The lowest BCUT2D eigenvalue weighted by Crippen LogP contribution is -2.45. The monoisotopic (exact) mass is 257 g/mol. The Morgan fingerprint density at radius 1 is 1.44 bits per heavy atom. The standard InChI is InChI=1S/C13H23NO4/c1-13(2,3)18-12(15)14-6-4-5-10(7-14)16-8-11-9-17-11/h10-11H,4-9H2,1-3H3/t10?,11-/m0/s1. The molecule has 0 aromatic heterocycles. The zero-order valence-corrected chi connectivity index (χ0v) is 11.5. The lowest BCUT2D eigenvalue weighted by molar-refractivity contribution is -0.0234. The molecule has 0 N–H and O–H groups in total. The van der Waals surface area contributed by atoms with Gasteiger partial charge in [-0.15, -0.1) is 0 Å². The van der Waals surface area contributed by atoms with Crippen molar-refractivity contribution in [1.29, 1.82) is 0 Å². The number of likely N-dealkylation sites (tertiary alicyclic amines) is 1. The van der Waals surface area contributed by atoms with E-state index in [9.17, 15) is 4.79 Å². The van der Waals surface area contributed by atoms with E-state index in [0.29, 0.717) is 13.2 Å². The normalized spacial score (nSPS) is 28.1. The molecule has 0 aromatic carbocycles. The van der Waals surface area contributed by atoms with E-state index in [2.05, 4.69) is 0 Å². The Hall–Kier alpha value is -0.810. The van der Waals surface area contributed by atoms with Crippen molar-refractivity contribution in [3.63, 3.8) is 0 Å². The summed E-state index contributed by atoms with van der Waals surface area (Å²) in [5, 5.41) is 0. The molecule has 1 amide bonds. The Bertz CT molecular complexity index is 296. The first-order chi connectivity index (χ1) is 8.44. The van der Waals surface area contributed by atoms with Crippen molar-refractivity contribution < 1.29 is 19.0 Å². The predicted octanol–water partition coefficient (Wildman–Crippen LogP) is 1.80. The van der Waals surface area contributed by atoms with Crippen LogP contribution < -0.4 is 0 Å². The van der Waals surface area contributed by atoms with Crippen LogP contribution in [0.4, 0.5) is 4.79 Å². The summed E-state index contributed by atoms with van der Waals surface area (Å²) in [6.07, 6.45) is 2.14. The molecule has 0 aliphatic carbocycles. The van der Waals surface area contributed by atoms with Gasteiger partial charge in [0.25, 0.3) is 0 Å². The lowest BCUT2D eigenvalue weighted by atomic mass is 10.1. The molecule has 2 atom stereocenters. The van der Waals surface area contributed by atoms with Crippen LogP contribution >= 0.6 is 0 Å². The van der Waals surface area contributed by atoms with Crippen LogP contribution in [0, 0.1) is 0 Å². The SMILES string of the molecule is CC(C)(C)OC(=O)N1CCCC(OC[C@H]2CO2)C1. The number of nitrogens with zero attached hydrogens (tertiary/aromatic N) is 1. The minimum atomic E-state index is -0.438. The van der Waals surface area contributed by atoms with Gasteiger partial charge in [0, 0.05) is 6.54 Å². The maximum Gasteiger partial charge on any atom is 0.410 e. The maximum absolute atomic E-state index is 11.9. The van der Waals surface area contributed by atoms with Gasteiger partial charge < -0.3 is 19.1 Å². The van der Waals surface area contributed by atoms with E-state index in [1.807, 2.05) is 20.8 Å². The Morgan fingerprint density at radius 2 is 2.17 bits per heavy atom. The summed E-state index contributed by atoms with van der Waals surface area (Å²) < 4.78 is 16.2. The molecule has 1 unspecified atom stereocenters. The average molecular weight is 257 g/mol. The first-order valence-corrected chi connectivity index (χ1v) is 6.65. The number of piperidine rings is 1. The van der Waals surface area contributed by atoms with Gasteiger partial charge in [-0.1, -0.05) is 0 Å². The smallest absolute Gasteiger partial charge is 0.410 e. The van der Waals surface area contributed by atoms with Gasteiger partial charge in [-0.3, -0.25) is 0 Å². The molecule has 104 valence electrons. The van der Waals surface area contributed by atoms with Gasteiger partial charge >= 0.3 is 6.09 Å². The molecule has 0 bridgehead atoms. The predicted molar refractivity (Wildman–Crippen MR) is 66.5 cm³/mol. The fourth-order valence-electron chi connectivity index (χ4n) is 1.97. The van der Waals surface area contributed by atoms with Gasteiger partial charge in [0.1, 0.15) is 11.7 Å². The summed E-state index contributed by atoms with van der Waals surface area (Å²) in [7, 11) is 0. The van der Waals surface area contributed by atoms with E-state index in [4.69, 9.17) is 14.2 Å². The summed E-state index contributed by atoms with van der Waals surface area (Å²) in [5.41, 5.74) is -0.438. The quantitative estimate of drug-likeness (QED) is 0.723. The minimum absolute atomic E-state index is 0.121. The highest BCUT2D eigenvalue weighted by molar-refractivity contribution is 5.68. The van der Waals surface area contributed by atoms with E-state index in [-0.39, 0.29) is 18.3 Å². The van der Waals surface area contributed by atoms with Crippen LogP contribution in [0.2, 0.25) is 0 Å². The molecule has 2 aliphatic rings. The topological polar surface area (TPSA) is 51.3 Å². The average Bonchev–Trinajstić information content (AvgIpc) is 3.08. The van der Waals surface area contributed by atoms with Gasteiger partial charge in [0.2, 0.25) is 0 Å². The second kappa shape index (κ2) is 5.45. The Labute approximate surface area is 108 Å². The van der Waals surface area contributed by atoms with Gasteiger partial charge in [-0.2, -0.15) is 0 Å². The summed E-state index contributed by atoms with van der Waals surface area (Å²) in [5.74, 6) is 0. The summed E-state index contributed by atoms with van der Waals surface area (Å²) in [4.78, 5) is 13.7. The van der Waals surface area contributed by atoms with E-state index in [0.717, 1.165) is 26.0 Å². The number of amides is 1. The van der Waals surface area contributed by atoms with Gasteiger partial charge in [-0.05, 0) is 33.6 Å². The fraction of sp³-hybridized carbons (Fsp3) is 0.923. The van der Waals surface area contributed by atoms with Crippen LogP contribution in [-0.2, 0) is 14.2 Å². The molecule has 5 heteroatoms. The zero-order chi connectivity index (χ0) is 13.2. The van der Waals surface area contributed by atoms with Crippen molar-refractivity contribution in [2.75, 3.05) is 26.3 Å². The largest absolute Gasteiger partial charge is 0.444 e. The number of carbonyl (C=O) groups excluding carboxylic acids is 1. The molecule has 2 rings (SSSR count). The number of ether oxygens (including phenoxy) is 3. The van der Waals surface area contributed by atoms with Gasteiger partial charge in [0.05, 0.1) is 25.9 Å². The van der Waals surface area contributed by atoms with Crippen molar-refractivity contribution in [2.24, 2.45) is 0 Å². The Balaban J connectivity index is 1.76. The van der Waals surface area contributed by atoms with Gasteiger partial charge in [-0.25, -0.2) is 4.79 Å². The number of carbonyl (C=O) groups is 1. The minimum Gasteiger partial charge on any atom is -0.444 e. The Morgan fingerprint density at radius 3 is 2.78 bits per heavy atom. The summed E-state index contributed by atoms with van der Waals surface area (Å²) in [6.45, 7) is 8.49. The second-order valence-corrected chi connectivity index (χ2v) is 5.98. The van der Waals surface area contributed by atoms with E-state index < -0.39 is 5.60 Å². The highest BCUT2D eigenvalue weighted by atomic mass is 16.6. The second-order valence-electron chi connectivity index (χ2n) is 5.98. The highest BCUT2D eigenvalue weighted by Gasteiger charge is 2.30. The highest BCUT2D eigenvalue weighted by Crippen LogP contribution is 2.18.